The summed E-state index contributed by atoms with van der Waals surface area (Å²) in [4.78, 5) is 7.43. The SMILES string of the molecule is CC.CCc1cc2[nH]ccc2cn1.[HH]. The van der Waals surface area contributed by atoms with E-state index in [9.17, 15) is 0 Å². The highest BCUT2D eigenvalue weighted by atomic mass is 14.7. The number of hydrogen-bond donors (Lipinski definition) is 1. The van der Waals surface area contributed by atoms with Gasteiger partial charge in [0.25, 0.3) is 0 Å². The first-order chi connectivity index (χ1) is 6.40. The number of hydrogen-bond acceptors (Lipinski definition) is 1. The van der Waals surface area contributed by atoms with E-state index in [4.69, 9.17) is 0 Å². The van der Waals surface area contributed by atoms with Crippen molar-refractivity contribution in [3.05, 3.63) is 30.2 Å². The summed E-state index contributed by atoms with van der Waals surface area (Å²) >= 11 is 0. The number of fused-ring (bicyclic) bond motifs is 1. The van der Waals surface area contributed by atoms with Crippen LogP contribution in [-0.2, 0) is 6.42 Å². The number of rotatable bonds is 1. The summed E-state index contributed by atoms with van der Waals surface area (Å²) in [7, 11) is 0. The second-order valence-corrected chi connectivity index (χ2v) is 2.59. The average Bonchev–Trinajstić information content (AvgIpc) is 2.67. The zero-order chi connectivity index (χ0) is 9.68. The predicted octanol–water partition coefficient (Wildman–Crippen LogP) is 3.40. The fourth-order valence-corrected chi connectivity index (χ4v) is 1.18. The van der Waals surface area contributed by atoms with Crippen LogP contribution in [0.2, 0.25) is 0 Å². The molecular weight excluding hydrogens is 160 g/mol. The lowest BCUT2D eigenvalue weighted by Crippen LogP contribution is -1.84. The van der Waals surface area contributed by atoms with Gasteiger partial charge >= 0.3 is 0 Å². The van der Waals surface area contributed by atoms with Crippen LogP contribution in [0, 0.1) is 0 Å². The molecule has 0 unspecified atom stereocenters. The lowest BCUT2D eigenvalue weighted by atomic mass is 10.2. The molecule has 2 nitrogen and oxygen atoms in total. The Morgan fingerprint density at radius 1 is 1.46 bits per heavy atom. The zero-order valence-corrected chi connectivity index (χ0v) is 8.46. The van der Waals surface area contributed by atoms with E-state index in [1.807, 2.05) is 32.3 Å². The molecule has 1 N–H and O–H groups in total. The molecule has 2 aromatic heterocycles. The lowest BCUT2D eigenvalue weighted by molar-refractivity contribution is 1.04. The predicted molar refractivity (Wildman–Crippen MR) is 58.9 cm³/mol. The molecule has 2 heteroatoms. The van der Waals surface area contributed by atoms with Crippen molar-refractivity contribution in [2.45, 2.75) is 27.2 Å². The van der Waals surface area contributed by atoms with Gasteiger partial charge in [0.1, 0.15) is 0 Å². The molecule has 0 radical (unpaired) electrons. The molecule has 0 aromatic carbocycles. The number of pyridine rings is 1. The monoisotopic (exact) mass is 178 g/mol. The van der Waals surface area contributed by atoms with Crippen LogP contribution in [0.1, 0.15) is 27.9 Å². The first-order valence-corrected chi connectivity index (χ1v) is 4.82. The van der Waals surface area contributed by atoms with Crippen LogP contribution >= 0.6 is 0 Å². The first kappa shape index (κ1) is 9.78. The molecule has 0 saturated heterocycles. The highest BCUT2D eigenvalue weighted by Gasteiger charge is 1.94. The number of nitrogens with zero attached hydrogens (tertiary/aromatic N) is 1. The maximum atomic E-state index is 4.28. The fraction of sp³-hybridized carbons (Fsp3) is 0.364. The fourth-order valence-electron chi connectivity index (χ4n) is 1.18. The number of aryl methyl sites for hydroxylation is 1. The number of aromatic amines is 1. The second-order valence-electron chi connectivity index (χ2n) is 2.59. The van der Waals surface area contributed by atoms with Crippen LogP contribution in [0.25, 0.3) is 10.9 Å². The van der Waals surface area contributed by atoms with Gasteiger partial charge in [-0.3, -0.25) is 4.98 Å². The summed E-state index contributed by atoms with van der Waals surface area (Å²) in [5.41, 5.74) is 2.32. The highest BCUT2D eigenvalue weighted by molar-refractivity contribution is 5.78. The molecule has 2 heterocycles. The average molecular weight is 178 g/mol. The van der Waals surface area contributed by atoms with Crippen molar-refractivity contribution >= 4 is 10.9 Å². The zero-order valence-electron chi connectivity index (χ0n) is 8.46. The molecule has 0 saturated carbocycles. The molecule has 13 heavy (non-hydrogen) atoms. The van der Waals surface area contributed by atoms with Gasteiger partial charge in [0, 0.05) is 30.4 Å². The summed E-state index contributed by atoms with van der Waals surface area (Å²) in [6.07, 6.45) is 4.84. The van der Waals surface area contributed by atoms with E-state index >= 15 is 0 Å². The van der Waals surface area contributed by atoms with E-state index < -0.39 is 0 Å². The van der Waals surface area contributed by atoms with E-state index in [0.29, 0.717) is 0 Å². The van der Waals surface area contributed by atoms with E-state index in [1.54, 1.807) is 0 Å². The van der Waals surface area contributed by atoms with Gasteiger partial charge < -0.3 is 4.98 Å². The Bertz CT molecular complexity index is 368. The molecular formula is C11H18N2. The first-order valence-electron chi connectivity index (χ1n) is 4.82. The minimum Gasteiger partial charge on any atom is -0.361 e. The van der Waals surface area contributed by atoms with Gasteiger partial charge in [0.05, 0.1) is 0 Å². The Hall–Kier alpha value is -1.31. The second kappa shape index (κ2) is 4.65. The Balaban J connectivity index is 0.000000531. The molecule has 0 atom stereocenters. The van der Waals surface area contributed by atoms with Gasteiger partial charge in [-0.15, -0.1) is 0 Å². The molecule has 0 fully saturated rings. The van der Waals surface area contributed by atoms with Crippen LogP contribution in [-0.4, -0.2) is 9.97 Å². The summed E-state index contributed by atoms with van der Waals surface area (Å²) in [5.74, 6) is 0. The van der Waals surface area contributed by atoms with Gasteiger partial charge in [-0.25, -0.2) is 0 Å². The molecule has 2 rings (SSSR count). The Kier molecular flexibility index (Phi) is 3.50. The third-order valence-electron chi connectivity index (χ3n) is 1.86. The normalized spacial score (nSPS) is 9.46. The molecule has 0 aliphatic rings. The third-order valence-corrected chi connectivity index (χ3v) is 1.86. The number of H-pyrrole nitrogens is 1. The molecule has 2 aromatic rings. The quantitative estimate of drug-likeness (QED) is 0.712. The van der Waals surface area contributed by atoms with Gasteiger partial charge in [-0.1, -0.05) is 20.8 Å². The standard InChI is InChI=1S/C9H10N2.C2H6.H2/c1-2-8-5-9-7(6-11-8)3-4-10-9;1-2;/h3-6,10H,2H2,1H3;1-2H3;1H. The van der Waals surface area contributed by atoms with E-state index in [2.05, 4.69) is 23.0 Å². The van der Waals surface area contributed by atoms with Gasteiger partial charge in [-0.2, -0.15) is 0 Å². The van der Waals surface area contributed by atoms with Crippen LogP contribution in [0.3, 0.4) is 0 Å². The van der Waals surface area contributed by atoms with Crippen molar-refractivity contribution < 1.29 is 1.43 Å². The molecule has 0 aliphatic heterocycles. The Morgan fingerprint density at radius 2 is 2.23 bits per heavy atom. The van der Waals surface area contributed by atoms with Crippen LogP contribution in [0.5, 0.6) is 0 Å². The van der Waals surface area contributed by atoms with Crippen molar-refractivity contribution in [3.8, 4) is 0 Å². The summed E-state index contributed by atoms with van der Waals surface area (Å²) in [6, 6.07) is 4.12. The summed E-state index contributed by atoms with van der Waals surface area (Å²) in [6.45, 7) is 6.11. The lowest BCUT2D eigenvalue weighted by Gasteiger charge is -1.93. The topological polar surface area (TPSA) is 28.7 Å². The highest BCUT2D eigenvalue weighted by Crippen LogP contribution is 2.11. The van der Waals surface area contributed by atoms with E-state index in [0.717, 1.165) is 12.1 Å². The largest absolute Gasteiger partial charge is 0.361 e. The third kappa shape index (κ3) is 2.08. The van der Waals surface area contributed by atoms with Crippen LogP contribution in [0.4, 0.5) is 0 Å². The number of nitrogens with one attached hydrogen (secondary N) is 1. The van der Waals surface area contributed by atoms with Crippen LogP contribution < -0.4 is 0 Å². The van der Waals surface area contributed by atoms with E-state index in [-0.39, 0.29) is 1.43 Å². The molecule has 0 bridgehead atoms. The molecule has 0 spiro atoms. The van der Waals surface area contributed by atoms with Crippen molar-refractivity contribution in [2.24, 2.45) is 0 Å². The smallest absolute Gasteiger partial charge is 0.0487 e. The Morgan fingerprint density at radius 3 is 2.92 bits per heavy atom. The van der Waals surface area contributed by atoms with Crippen molar-refractivity contribution in [1.29, 1.82) is 0 Å². The molecule has 0 aliphatic carbocycles. The minimum absolute atomic E-state index is 0. The van der Waals surface area contributed by atoms with E-state index in [1.165, 1.54) is 10.9 Å². The maximum absolute atomic E-state index is 4.28. The molecule has 0 amide bonds. The summed E-state index contributed by atoms with van der Waals surface area (Å²) in [5, 5.41) is 1.18. The van der Waals surface area contributed by atoms with Crippen LogP contribution in [0.15, 0.2) is 24.5 Å². The van der Waals surface area contributed by atoms with Crippen molar-refractivity contribution in [2.75, 3.05) is 0 Å². The van der Waals surface area contributed by atoms with Crippen molar-refractivity contribution in [3.63, 3.8) is 0 Å². The number of aromatic nitrogens is 2. The van der Waals surface area contributed by atoms with Crippen molar-refractivity contribution in [1.82, 2.24) is 9.97 Å². The summed E-state index contributed by atoms with van der Waals surface area (Å²) < 4.78 is 0. The minimum atomic E-state index is 0. The molecule has 72 valence electrons. The van der Waals surface area contributed by atoms with Gasteiger partial charge in [-0.05, 0) is 18.6 Å². The van der Waals surface area contributed by atoms with Gasteiger partial charge in [0.15, 0.2) is 0 Å². The Labute approximate surface area is 80.5 Å². The maximum Gasteiger partial charge on any atom is 0.0487 e. The van der Waals surface area contributed by atoms with Gasteiger partial charge in [0.2, 0.25) is 0 Å².